The van der Waals surface area contributed by atoms with Crippen molar-refractivity contribution in [2.75, 3.05) is 5.88 Å². The van der Waals surface area contributed by atoms with E-state index in [0.29, 0.717) is 5.88 Å². The first-order valence-electron chi connectivity index (χ1n) is 5.23. The molecular weight excluding hydrogens is 347 g/mol. The van der Waals surface area contributed by atoms with Crippen molar-refractivity contribution in [3.8, 4) is 0 Å². The molecule has 0 aliphatic heterocycles. The van der Waals surface area contributed by atoms with Crippen LogP contribution >= 0.6 is 43.5 Å². The number of alkyl halides is 3. The molecule has 1 rings (SSSR count). The zero-order valence-corrected chi connectivity index (χ0v) is 12.9. The summed E-state index contributed by atoms with van der Waals surface area (Å²) in [6.45, 7) is 1.90. The number of halogens is 3. The number of rotatable bonds is 2. The summed E-state index contributed by atoms with van der Waals surface area (Å²) in [5.74, 6) is 0.358. The van der Waals surface area contributed by atoms with Crippen molar-refractivity contribution in [1.29, 1.82) is 0 Å². The van der Waals surface area contributed by atoms with Crippen LogP contribution in [0.2, 0.25) is 0 Å². The first-order chi connectivity index (χ1) is 6.94. The summed E-state index contributed by atoms with van der Waals surface area (Å²) in [7, 11) is 0. The van der Waals surface area contributed by atoms with Gasteiger partial charge in [0, 0.05) is 5.88 Å². The second-order valence-corrected chi connectivity index (χ2v) is 6.54. The monoisotopic (exact) mass is 364 g/mol. The summed E-state index contributed by atoms with van der Waals surface area (Å²) in [6.07, 6.45) is 4.74. The van der Waals surface area contributed by atoms with Crippen molar-refractivity contribution in [1.82, 2.24) is 0 Å². The molecule has 3 unspecified atom stereocenters. The lowest BCUT2D eigenvalue weighted by atomic mass is 9.98. The van der Waals surface area contributed by atoms with Gasteiger partial charge in [-0.1, -0.05) is 45.2 Å². The normalized spacial score (nSPS) is 32.8. The van der Waals surface area contributed by atoms with Gasteiger partial charge < -0.3 is 10.2 Å². The highest BCUT2D eigenvalue weighted by Crippen LogP contribution is 2.37. The Hall–Kier alpha value is 1.17. The van der Waals surface area contributed by atoms with Gasteiger partial charge in [-0.2, -0.15) is 0 Å². The second kappa shape index (κ2) is 8.29. The van der Waals surface area contributed by atoms with Crippen LogP contribution in [0.5, 0.6) is 0 Å². The highest BCUT2D eigenvalue weighted by molar-refractivity contribution is 9.12. The average molecular weight is 367 g/mol. The van der Waals surface area contributed by atoms with Gasteiger partial charge in [-0.25, -0.2) is 0 Å². The van der Waals surface area contributed by atoms with Crippen molar-refractivity contribution < 1.29 is 10.2 Å². The molecule has 0 amide bonds. The molecule has 1 aliphatic carbocycles. The van der Waals surface area contributed by atoms with Gasteiger partial charge in [-0.05, 0) is 25.7 Å². The lowest BCUT2D eigenvalue weighted by Crippen LogP contribution is -2.34. The smallest absolute Gasteiger partial charge is 0.131 e. The van der Waals surface area contributed by atoms with E-state index in [2.05, 4.69) is 31.9 Å². The van der Waals surface area contributed by atoms with E-state index in [1.165, 1.54) is 6.42 Å². The summed E-state index contributed by atoms with van der Waals surface area (Å²) in [6, 6.07) is 0. The SMILES string of the molecule is CCC(O)CCl.OC1(Br)CCCCC1Br. The van der Waals surface area contributed by atoms with Gasteiger partial charge in [0.2, 0.25) is 0 Å². The molecule has 0 aromatic rings. The number of hydrogen-bond donors (Lipinski definition) is 2. The summed E-state index contributed by atoms with van der Waals surface area (Å²) in [4.78, 5) is 0.235. The fourth-order valence-corrected chi connectivity index (χ4v) is 2.46. The summed E-state index contributed by atoms with van der Waals surface area (Å²) in [5, 5.41) is 18.0. The lowest BCUT2D eigenvalue weighted by molar-refractivity contribution is 0.111. The molecule has 92 valence electrons. The van der Waals surface area contributed by atoms with Gasteiger partial charge in [0.1, 0.15) is 4.51 Å². The summed E-state index contributed by atoms with van der Waals surface area (Å²) >= 11 is 11.9. The van der Waals surface area contributed by atoms with Gasteiger partial charge in [0.15, 0.2) is 0 Å². The summed E-state index contributed by atoms with van der Waals surface area (Å²) < 4.78 is -0.634. The van der Waals surface area contributed by atoms with Gasteiger partial charge in [-0.15, -0.1) is 11.6 Å². The van der Waals surface area contributed by atoms with Gasteiger partial charge in [0.05, 0.1) is 10.9 Å². The molecule has 0 saturated heterocycles. The Kier molecular flexibility index (Phi) is 8.94. The molecule has 15 heavy (non-hydrogen) atoms. The van der Waals surface area contributed by atoms with E-state index in [9.17, 15) is 5.11 Å². The molecule has 1 saturated carbocycles. The Labute approximate surface area is 114 Å². The van der Waals surface area contributed by atoms with Crippen LogP contribution in [0.15, 0.2) is 0 Å². The second-order valence-electron chi connectivity index (χ2n) is 3.75. The van der Waals surface area contributed by atoms with Crippen LogP contribution in [-0.4, -0.2) is 31.5 Å². The number of aliphatic hydroxyl groups excluding tert-OH is 1. The van der Waals surface area contributed by atoms with Crippen molar-refractivity contribution in [2.45, 2.75) is 54.5 Å². The average Bonchev–Trinajstić information content (AvgIpc) is 2.22. The standard InChI is InChI=1S/C6H10Br2O.C4H9ClO/c7-5-3-1-2-4-6(5,8)9;1-2-4(6)3-5/h5,9H,1-4H2;4,6H,2-3H2,1H3. The molecule has 0 aromatic carbocycles. The van der Waals surface area contributed by atoms with Crippen LogP contribution in [0.25, 0.3) is 0 Å². The molecule has 2 N–H and O–H groups in total. The predicted octanol–water partition coefficient (Wildman–Crippen LogP) is 3.40. The van der Waals surface area contributed by atoms with E-state index >= 15 is 0 Å². The number of aliphatic hydroxyl groups is 2. The van der Waals surface area contributed by atoms with Crippen LogP contribution in [-0.2, 0) is 0 Å². The third-order valence-electron chi connectivity index (χ3n) is 2.36. The van der Waals surface area contributed by atoms with Gasteiger partial charge >= 0.3 is 0 Å². The molecule has 0 bridgehead atoms. The highest BCUT2D eigenvalue weighted by atomic mass is 79.9. The maximum absolute atomic E-state index is 9.51. The summed E-state index contributed by atoms with van der Waals surface area (Å²) in [5.41, 5.74) is 0. The fourth-order valence-electron chi connectivity index (χ4n) is 1.18. The molecule has 0 spiro atoms. The van der Waals surface area contributed by atoms with E-state index in [1.54, 1.807) is 0 Å². The highest BCUT2D eigenvalue weighted by Gasteiger charge is 2.34. The van der Waals surface area contributed by atoms with Crippen LogP contribution < -0.4 is 0 Å². The Bertz CT molecular complexity index is 164. The maximum Gasteiger partial charge on any atom is 0.131 e. The Morgan fingerprint density at radius 1 is 1.53 bits per heavy atom. The molecule has 1 fully saturated rings. The minimum absolute atomic E-state index is 0.235. The largest absolute Gasteiger partial charge is 0.392 e. The molecule has 0 heterocycles. The number of hydrogen-bond acceptors (Lipinski definition) is 2. The molecular formula is C10H19Br2ClO2. The third-order valence-corrected chi connectivity index (χ3v) is 5.50. The van der Waals surface area contributed by atoms with Crippen LogP contribution in [0.4, 0.5) is 0 Å². The van der Waals surface area contributed by atoms with Gasteiger partial charge in [-0.3, -0.25) is 0 Å². The van der Waals surface area contributed by atoms with E-state index < -0.39 is 4.51 Å². The van der Waals surface area contributed by atoms with Crippen LogP contribution in [0.3, 0.4) is 0 Å². The van der Waals surface area contributed by atoms with E-state index in [0.717, 1.165) is 25.7 Å². The maximum atomic E-state index is 9.51. The lowest BCUT2D eigenvalue weighted by Gasteiger charge is -2.31. The molecule has 1 aliphatic rings. The van der Waals surface area contributed by atoms with Crippen molar-refractivity contribution >= 4 is 43.5 Å². The molecule has 2 nitrogen and oxygen atoms in total. The molecule has 3 atom stereocenters. The third kappa shape index (κ3) is 7.16. The molecule has 0 radical (unpaired) electrons. The van der Waals surface area contributed by atoms with Crippen molar-refractivity contribution in [2.24, 2.45) is 0 Å². The van der Waals surface area contributed by atoms with Crippen LogP contribution in [0, 0.1) is 0 Å². The van der Waals surface area contributed by atoms with E-state index in [1.807, 2.05) is 6.92 Å². The van der Waals surface area contributed by atoms with Crippen molar-refractivity contribution in [3.05, 3.63) is 0 Å². The quantitative estimate of drug-likeness (QED) is 0.736. The van der Waals surface area contributed by atoms with E-state index in [4.69, 9.17) is 16.7 Å². The zero-order valence-electron chi connectivity index (χ0n) is 8.93. The topological polar surface area (TPSA) is 40.5 Å². The van der Waals surface area contributed by atoms with Crippen LogP contribution in [0.1, 0.15) is 39.0 Å². The Balaban J connectivity index is 0.000000288. The Morgan fingerprint density at radius 2 is 2.13 bits per heavy atom. The van der Waals surface area contributed by atoms with Crippen molar-refractivity contribution in [3.63, 3.8) is 0 Å². The predicted molar refractivity (Wildman–Crippen MR) is 72.1 cm³/mol. The minimum atomic E-state index is -0.634. The minimum Gasteiger partial charge on any atom is -0.392 e. The molecule has 0 aromatic heterocycles. The van der Waals surface area contributed by atoms with Gasteiger partial charge in [0.25, 0.3) is 0 Å². The first kappa shape index (κ1) is 16.2. The van der Waals surface area contributed by atoms with E-state index in [-0.39, 0.29) is 10.9 Å². The first-order valence-corrected chi connectivity index (χ1v) is 7.47. The molecule has 5 heteroatoms. The Morgan fingerprint density at radius 3 is 2.33 bits per heavy atom. The fraction of sp³-hybridized carbons (Fsp3) is 1.00. The zero-order chi connectivity index (χ0) is 11.9.